The second-order valence-corrected chi connectivity index (χ2v) is 5.02. The fraction of sp³-hybridized carbons (Fsp3) is 0.846. The van der Waals surface area contributed by atoms with Crippen molar-refractivity contribution in [2.24, 2.45) is 11.8 Å². The average Bonchev–Trinajstić information content (AvgIpc) is 2.34. The first-order valence-corrected chi connectivity index (χ1v) is 6.68. The third-order valence-corrected chi connectivity index (χ3v) is 2.84. The Morgan fingerprint density at radius 2 is 1.84 bits per heavy atom. The molecule has 0 aliphatic heterocycles. The zero-order chi connectivity index (χ0) is 14.7. The molecule has 0 aliphatic rings. The first-order chi connectivity index (χ1) is 8.95. The van der Waals surface area contributed by atoms with Crippen molar-refractivity contribution in [1.29, 1.82) is 0 Å². The molecular formula is C13H26N2O4. The Hall–Kier alpha value is -1.30. The Kier molecular flexibility index (Phi) is 9.88. The lowest BCUT2D eigenvalue weighted by Gasteiger charge is -2.13. The van der Waals surface area contributed by atoms with Crippen molar-refractivity contribution in [3.8, 4) is 0 Å². The van der Waals surface area contributed by atoms with Crippen LogP contribution in [0.1, 0.15) is 33.1 Å². The molecule has 0 rings (SSSR count). The van der Waals surface area contributed by atoms with Crippen LogP contribution in [0.25, 0.3) is 0 Å². The maximum Gasteiger partial charge on any atom is 0.314 e. The summed E-state index contributed by atoms with van der Waals surface area (Å²) in [5.41, 5.74) is 0. The molecule has 112 valence electrons. The van der Waals surface area contributed by atoms with E-state index in [1.165, 1.54) is 0 Å². The van der Waals surface area contributed by atoms with Gasteiger partial charge in [0.15, 0.2) is 0 Å². The maximum atomic E-state index is 11.4. The van der Waals surface area contributed by atoms with E-state index in [9.17, 15) is 9.59 Å². The summed E-state index contributed by atoms with van der Waals surface area (Å²) < 4.78 is 4.98. The van der Waals surface area contributed by atoms with E-state index >= 15 is 0 Å². The van der Waals surface area contributed by atoms with Crippen LogP contribution in [-0.4, -0.2) is 43.9 Å². The van der Waals surface area contributed by atoms with Crippen LogP contribution in [0.15, 0.2) is 0 Å². The number of hydrogen-bond donors (Lipinski definition) is 3. The standard InChI is InChI=1S/C13H26N2O4/c1-10(4-5-12(16)17)6-7-14-13(18)15-8-11(2)9-19-3/h10-11H,4-9H2,1-3H3,(H,16,17)(H2,14,15,18). The Bertz CT molecular complexity index is 271. The summed E-state index contributed by atoms with van der Waals surface area (Å²) in [5, 5.41) is 14.1. The van der Waals surface area contributed by atoms with Crippen LogP contribution in [0.3, 0.4) is 0 Å². The highest BCUT2D eigenvalue weighted by atomic mass is 16.5. The molecule has 0 aromatic heterocycles. The molecule has 6 heteroatoms. The number of carboxylic acids is 1. The van der Waals surface area contributed by atoms with E-state index in [0.29, 0.717) is 32.0 Å². The van der Waals surface area contributed by atoms with Gasteiger partial charge in [0.05, 0.1) is 6.61 Å². The minimum Gasteiger partial charge on any atom is -0.481 e. The summed E-state index contributed by atoms with van der Waals surface area (Å²) in [5.74, 6) is -0.196. The number of methoxy groups -OCH3 is 1. The molecule has 0 heterocycles. The van der Waals surface area contributed by atoms with Crippen molar-refractivity contribution in [2.45, 2.75) is 33.1 Å². The first-order valence-electron chi connectivity index (χ1n) is 6.68. The number of nitrogens with one attached hydrogen (secondary N) is 2. The highest BCUT2D eigenvalue weighted by molar-refractivity contribution is 5.73. The molecule has 6 nitrogen and oxygen atoms in total. The van der Waals surface area contributed by atoms with Gasteiger partial charge >= 0.3 is 12.0 Å². The highest BCUT2D eigenvalue weighted by Crippen LogP contribution is 2.08. The molecule has 0 bridgehead atoms. The number of rotatable bonds is 10. The summed E-state index contributed by atoms with van der Waals surface area (Å²) in [6.07, 6.45) is 1.61. The average molecular weight is 274 g/mol. The first kappa shape index (κ1) is 17.7. The number of aliphatic carboxylic acids is 1. The molecule has 0 spiro atoms. The Labute approximate surface area is 114 Å². The van der Waals surface area contributed by atoms with Gasteiger partial charge < -0.3 is 20.5 Å². The third kappa shape index (κ3) is 11.5. The van der Waals surface area contributed by atoms with Crippen LogP contribution in [0.2, 0.25) is 0 Å². The topological polar surface area (TPSA) is 87.7 Å². The monoisotopic (exact) mass is 274 g/mol. The third-order valence-electron chi connectivity index (χ3n) is 2.84. The summed E-state index contributed by atoms with van der Waals surface area (Å²) >= 11 is 0. The summed E-state index contributed by atoms with van der Waals surface area (Å²) in [6.45, 7) is 5.74. The van der Waals surface area contributed by atoms with Crippen molar-refractivity contribution in [3.63, 3.8) is 0 Å². The molecule has 0 aromatic rings. The van der Waals surface area contributed by atoms with Crippen molar-refractivity contribution in [3.05, 3.63) is 0 Å². The second kappa shape index (κ2) is 10.6. The number of urea groups is 1. The molecule has 19 heavy (non-hydrogen) atoms. The quantitative estimate of drug-likeness (QED) is 0.563. The van der Waals surface area contributed by atoms with Gasteiger partial charge in [-0.2, -0.15) is 0 Å². The van der Waals surface area contributed by atoms with Crippen molar-refractivity contribution < 1.29 is 19.4 Å². The van der Waals surface area contributed by atoms with Gasteiger partial charge in [-0.1, -0.05) is 13.8 Å². The van der Waals surface area contributed by atoms with E-state index in [2.05, 4.69) is 10.6 Å². The van der Waals surface area contributed by atoms with Crippen LogP contribution in [0.4, 0.5) is 4.79 Å². The molecule has 2 amide bonds. The molecule has 2 unspecified atom stereocenters. The van der Waals surface area contributed by atoms with Gasteiger partial charge in [-0.25, -0.2) is 4.79 Å². The number of hydrogen-bond acceptors (Lipinski definition) is 3. The normalized spacial score (nSPS) is 13.6. The largest absolute Gasteiger partial charge is 0.481 e. The molecule has 0 saturated heterocycles. The van der Waals surface area contributed by atoms with E-state index in [-0.39, 0.29) is 18.4 Å². The number of ether oxygens (including phenoxy) is 1. The van der Waals surface area contributed by atoms with Crippen LogP contribution in [0.5, 0.6) is 0 Å². The van der Waals surface area contributed by atoms with Crippen LogP contribution in [0, 0.1) is 11.8 Å². The van der Waals surface area contributed by atoms with Crippen LogP contribution in [-0.2, 0) is 9.53 Å². The SMILES string of the molecule is COCC(C)CNC(=O)NCCC(C)CCC(=O)O. The smallest absolute Gasteiger partial charge is 0.314 e. The predicted octanol–water partition coefficient (Wildman–Crippen LogP) is 1.46. The Balaban J connectivity index is 3.54. The van der Waals surface area contributed by atoms with E-state index in [4.69, 9.17) is 9.84 Å². The van der Waals surface area contributed by atoms with E-state index in [1.807, 2.05) is 13.8 Å². The molecule has 0 radical (unpaired) electrons. The van der Waals surface area contributed by atoms with Crippen molar-refractivity contribution >= 4 is 12.0 Å². The van der Waals surface area contributed by atoms with Gasteiger partial charge in [-0.3, -0.25) is 4.79 Å². The van der Waals surface area contributed by atoms with E-state index in [1.54, 1.807) is 7.11 Å². The second-order valence-electron chi connectivity index (χ2n) is 5.02. The van der Waals surface area contributed by atoms with Crippen molar-refractivity contribution in [1.82, 2.24) is 10.6 Å². The summed E-state index contributed by atoms with van der Waals surface area (Å²) in [7, 11) is 1.63. The zero-order valence-electron chi connectivity index (χ0n) is 12.1. The number of carbonyl (C=O) groups is 2. The number of carbonyl (C=O) groups excluding carboxylic acids is 1. The molecule has 2 atom stereocenters. The minimum absolute atomic E-state index is 0.182. The molecule has 0 saturated carbocycles. The zero-order valence-corrected chi connectivity index (χ0v) is 12.1. The maximum absolute atomic E-state index is 11.4. The number of carboxylic acid groups (broad SMARTS) is 1. The summed E-state index contributed by atoms with van der Waals surface area (Å²) in [6, 6.07) is -0.187. The fourth-order valence-corrected chi connectivity index (χ4v) is 1.62. The van der Waals surface area contributed by atoms with Gasteiger partial charge in [0.2, 0.25) is 0 Å². The van der Waals surface area contributed by atoms with E-state index in [0.717, 1.165) is 6.42 Å². The minimum atomic E-state index is -0.773. The van der Waals surface area contributed by atoms with E-state index < -0.39 is 5.97 Å². The summed E-state index contributed by atoms with van der Waals surface area (Å²) in [4.78, 5) is 21.8. The predicted molar refractivity (Wildman–Crippen MR) is 73.1 cm³/mol. The van der Waals surface area contributed by atoms with Gasteiger partial charge in [0.25, 0.3) is 0 Å². The molecule has 3 N–H and O–H groups in total. The molecular weight excluding hydrogens is 248 g/mol. The lowest BCUT2D eigenvalue weighted by Crippen LogP contribution is -2.39. The van der Waals surface area contributed by atoms with Gasteiger partial charge in [-0.15, -0.1) is 0 Å². The Morgan fingerprint density at radius 3 is 2.42 bits per heavy atom. The highest BCUT2D eigenvalue weighted by Gasteiger charge is 2.07. The molecule has 0 aromatic carbocycles. The van der Waals surface area contributed by atoms with Gasteiger partial charge in [-0.05, 0) is 24.7 Å². The Morgan fingerprint density at radius 1 is 1.16 bits per heavy atom. The lowest BCUT2D eigenvalue weighted by atomic mass is 10.0. The van der Waals surface area contributed by atoms with Gasteiger partial charge in [0, 0.05) is 26.6 Å². The molecule has 0 aliphatic carbocycles. The lowest BCUT2D eigenvalue weighted by molar-refractivity contribution is -0.137. The van der Waals surface area contributed by atoms with Crippen LogP contribution >= 0.6 is 0 Å². The number of amides is 2. The van der Waals surface area contributed by atoms with Gasteiger partial charge in [0.1, 0.15) is 0 Å². The molecule has 0 fully saturated rings. The van der Waals surface area contributed by atoms with Crippen molar-refractivity contribution in [2.75, 3.05) is 26.8 Å². The fourth-order valence-electron chi connectivity index (χ4n) is 1.62. The van der Waals surface area contributed by atoms with Crippen LogP contribution < -0.4 is 10.6 Å².